The number of carbonyl (C=O) groups excluding carboxylic acids is 1. The van der Waals surface area contributed by atoms with Gasteiger partial charge in [0.1, 0.15) is 0 Å². The molecule has 1 atom stereocenters. The van der Waals surface area contributed by atoms with Crippen LogP contribution in [-0.4, -0.2) is 20.1 Å². The molecule has 3 aromatic carbocycles. The molecule has 4 nitrogen and oxygen atoms in total. The van der Waals surface area contributed by atoms with Gasteiger partial charge in [-0.05, 0) is 42.3 Å². The first-order chi connectivity index (χ1) is 12.9. The molecule has 3 rings (SSSR count). The fourth-order valence-electron chi connectivity index (χ4n) is 3.11. The van der Waals surface area contributed by atoms with E-state index < -0.39 is 9.84 Å². The summed E-state index contributed by atoms with van der Waals surface area (Å²) in [7, 11) is -3.47. The van der Waals surface area contributed by atoms with Crippen LogP contribution in [0.2, 0.25) is 0 Å². The maximum absolute atomic E-state index is 12.4. The van der Waals surface area contributed by atoms with E-state index in [4.69, 9.17) is 0 Å². The number of hydrogen-bond donors (Lipinski definition) is 1. The maximum atomic E-state index is 12.4. The van der Waals surface area contributed by atoms with Crippen molar-refractivity contribution in [3.8, 4) is 0 Å². The van der Waals surface area contributed by atoms with E-state index in [-0.39, 0.29) is 29.0 Å². The lowest BCUT2D eigenvalue weighted by Crippen LogP contribution is -2.28. The number of amides is 1. The molecule has 140 valence electrons. The lowest BCUT2D eigenvalue weighted by atomic mass is 9.99. The number of sulfone groups is 1. The van der Waals surface area contributed by atoms with Gasteiger partial charge in [-0.3, -0.25) is 4.79 Å². The summed E-state index contributed by atoms with van der Waals surface area (Å²) in [6, 6.07) is 20.5. The highest BCUT2D eigenvalue weighted by Crippen LogP contribution is 2.24. The van der Waals surface area contributed by atoms with Crippen molar-refractivity contribution in [2.24, 2.45) is 0 Å². The quantitative estimate of drug-likeness (QED) is 0.696. The van der Waals surface area contributed by atoms with Gasteiger partial charge in [-0.1, -0.05) is 60.2 Å². The van der Waals surface area contributed by atoms with Crippen LogP contribution in [0, 0.1) is 6.92 Å². The second-order valence-electron chi connectivity index (χ2n) is 6.74. The van der Waals surface area contributed by atoms with Crippen LogP contribution >= 0.6 is 0 Å². The third-order valence-electron chi connectivity index (χ3n) is 4.65. The van der Waals surface area contributed by atoms with Crippen molar-refractivity contribution in [2.45, 2.75) is 31.2 Å². The van der Waals surface area contributed by atoms with Crippen LogP contribution in [0.4, 0.5) is 0 Å². The first-order valence-corrected chi connectivity index (χ1v) is 10.6. The van der Waals surface area contributed by atoms with E-state index in [1.165, 1.54) is 0 Å². The molecule has 27 heavy (non-hydrogen) atoms. The van der Waals surface area contributed by atoms with Crippen LogP contribution in [0.25, 0.3) is 10.8 Å². The summed E-state index contributed by atoms with van der Waals surface area (Å²) in [4.78, 5) is 12.6. The number of hydrogen-bond acceptors (Lipinski definition) is 3. The average Bonchev–Trinajstić information content (AvgIpc) is 2.66. The number of nitrogens with one attached hydrogen (secondary N) is 1. The number of benzene rings is 3. The zero-order valence-corrected chi connectivity index (χ0v) is 16.3. The van der Waals surface area contributed by atoms with Gasteiger partial charge in [-0.25, -0.2) is 8.42 Å². The van der Waals surface area contributed by atoms with Gasteiger partial charge >= 0.3 is 0 Å². The molecule has 0 radical (unpaired) electrons. The molecule has 0 aliphatic heterocycles. The van der Waals surface area contributed by atoms with Crippen LogP contribution < -0.4 is 5.32 Å². The lowest BCUT2D eigenvalue weighted by molar-refractivity contribution is -0.121. The summed E-state index contributed by atoms with van der Waals surface area (Å²) in [5, 5.41) is 5.11. The molecule has 0 spiro atoms. The van der Waals surface area contributed by atoms with Crippen molar-refractivity contribution in [3.63, 3.8) is 0 Å². The van der Waals surface area contributed by atoms with Gasteiger partial charge in [-0.2, -0.15) is 0 Å². The first kappa shape index (κ1) is 19.1. The first-order valence-electron chi connectivity index (χ1n) is 8.93. The molecule has 0 unspecified atom stereocenters. The van der Waals surface area contributed by atoms with E-state index >= 15 is 0 Å². The second kappa shape index (κ2) is 7.92. The number of carbonyl (C=O) groups is 1. The monoisotopic (exact) mass is 381 g/mol. The number of aryl methyl sites for hydroxylation is 1. The fraction of sp³-hybridized carbons (Fsp3) is 0.227. The molecule has 0 saturated heterocycles. The molecule has 5 heteroatoms. The van der Waals surface area contributed by atoms with Crippen LogP contribution in [0.5, 0.6) is 0 Å². The van der Waals surface area contributed by atoms with Crippen molar-refractivity contribution in [2.75, 3.05) is 5.75 Å². The summed E-state index contributed by atoms with van der Waals surface area (Å²) in [5.74, 6) is -0.476. The molecule has 3 aromatic rings. The minimum atomic E-state index is -3.47. The zero-order valence-electron chi connectivity index (χ0n) is 15.5. The Bertz CT molecular complexity index is 1050. The molecule has 0 bridgehead atoms. The van der Waals surface area contributed by atoms with E-state index in [0.29, 0.717) is 0 Å². The standard InChI is InChI=1S/C22H23NO3S/c1-16-10-12-19(13-11-16)27(25,26)15-14-22(24)23-17(2)20-9-5-7-18-6-3-4-8-21(18)20/h3-13,17H,14-15H2,1-2H3,(H,23,24)/t17-/m0/s1. The highest BCUT2D eigenvalue weighted by atomic mass is 32.2. The Morgan fingerprint density at radius 1 is 0.963 bits per heavy atom. The van der Waals surface area contributed by atoms with Gasteiger partial charge in [0.25, 0.3) is 0 Å². The molecule has 0 fully saturated rings. The zero-order chi connectivity index (χ0) is 19.4. The summed E-state index contributed by atoms with van der Waals surface area (Å²) >= 11 is 0. The molecule has 0 saturated carbocycles. The smallest absolute Gasteiger partial charge is 0.221 e. The van der Waals surface area contributed by atoms with Gasteiger partial charge in [0, 0.05) is 6.42 Å². The van der Waals surface area contributed by atoms with Gasteiger partial charge in [0.05, 0.1) is 16.7 Å². The fourth-order valence-corrected chi connectivity index (χ4v) is 4.35. The Hall–Kier alpha value is -2.66. The summed E-state index contributed by atoms with van der Waals surface area (Å²) in [5.41, 5.74) is 2.01. The van der Waals surface area contributed by atoms with Crippen molar-refractivity contribution in [3.05, 3.63) is 77.9 Å². The Balaban J connectivity index is 1.66. The minimum Gasteiger partial charge on any atom is -0.350 e. The van der Waals surface area contributed by atoms with E-state index in [9.17, 15) is 13.2 Å². The predicted molar refractivity (Wildman–Crippen MR) is 108 cm³/mol. The average molecular weight is 381 g/mol. The molecular weight excluding hydrogens is 358 g/mol. The normalized spacial score (nSPS) is 12.7. The molecule has 0 aliphatic carbocycles. The SMILES string of the molecule is Cc1ccc(S(=O)(=O)CCC(=O)N[C@@H](C)c2cccc3ccccc23)cc1. The van der Waals surface area contributed by atoms with Crippen molar-refractivity contribution in [1.29, 1.82) is 0 Å². The Kier molecular flexibility index (Phi) is 5.61. The van der Waals surface area contributed by atoms with E-state index in [2.05, 4.69) is 5.32 Å². The van der Waals surface area contributed by atoms with E-state index in [1.807, 2.05) is 56.3 Å². The summed E-state index contributed by atoms with van der Waals surface area (Å²) in [6.07, 6.45) is -0.0642. The molecule has 0 aromatic heterocycles. The van der Waals surface area contributed by atoms with Crippen molar-refractivity contribution < 1.29 is 13.2 Å². The van der Waals surface area contributed by atoms with Gasteiger partial charge < -0.3 is 5.32 Å². The molecule has 0 aliphatic rings. The van der Waals surface area contributed by atoms with Gasteiger partial charge in [0.2, 0.25) is 5.91 Å². The van der Waals surface area contributed by atoms with Gasteiger partial charge in [0.15, 0.2) is 9.84 Å². The van der Waals surface area contributed by atoms with E-state index in [0.717, 1.165) is 21.9 Å². The van der Waals surface area contributed by atoms with Crippen molar-refractivity contribution >= 4 is 26.5 Å². The van der Waals surface area contributed by atoms with Crippen LogP contribution in [0.3, 0.4) is 0 Å². The Labute approximate surface area is 160 Å². The highest BCUT2D eigenvalue weighted by molar-refractivity contribution is 7.91. The number of fused-ring (bicyclic) bond motifs is 1. The maximum Gasteiger partial charge on any atom is 0.221 e. The molecule has 1 amide bonds. The van der Waals surface area contributed by atoms with Crippen LogP contribution in [-0.2, 0) is 14.6 Å². The van der Waals surface area contributed by atoms with Gasteiger partial charge in [-0.15, -0.1) is 0 Å². The minimum absolute atomic E-state index is 0.0642. The Morgan fingerprint density at radius 3 is 2.37 bits per heavy atom. The van der Waals surface area contributed by atoms with Crippen LogP contribution in [0.1, 0.15) is 30.5 Å². The lowest BCUT2D eigenvalue weighted by Gasteiger charge is -2.16. The molecule has 0 heterocycles. The largest absolute Gasteiger partial charge is 0.350 e. The molecule has 1 N–H and O–H groups in total. The molecular formula is C22H23NO3S. The van der Waals surface area contributed by atoms with Crippen LogP contribution in [0.15, 0.2) is 71.6 Å². The second-order valence-corrected chi connectivity index (χ2v) is 8.85. The topological polar surface area (TPSA) is 63.2 Å². The Morgan fingerprint density at radius 2 is 1.63 bits per heavy atom. The number of rotatable bonds is 6. The highest BCUT2D eigenvalue weighted by Gasteiger charge is 2.18. The predicted octanol–water partition coefficient (Wildman–Crippen LogP) is 4.19. The summed E-state index contributed by atoms with van der Waals surface area (Å²) in [6.45, 7) is 3.81. The summed E-state index contributed by atoms with van der Waals surface area (Å²) < 4.78 is 24.8. The van der Waals surface area contributed by atoms with Crippen molar-refractivity contribution in [1.82, 2.24) is 5.32 Å². The van der Waals surface area contributed by atoms with E-state index in [1.54, 1.807) is 24.3 Å². The third kappa shape index (κ3) is 4.55. The third-order valence-corrected chi connectivity index (χ3v) is 6.38.